The van der Waals surface area contributed by atoms with Crippen molar-refractivity contribution < 1.29 is 4.79 Å². The molecule has 2 aromatic rings. The van der Waals surface area contributed by atoms with E-state index in [2.05, 4.69) is 39.0 Å². The molecule has 3 heterocycles. The van der Waals surface area contributed by atoms with Crippen LogP contribution in [0.1, 0.15) is 24.1 Å². The molecule has 1 N–H and O–H groups in total. The van der Waals surface area contributed by atoms with Crippen LogP contribution in [0.2, 0.25) is 0 Å². The van der Waals surface area contributed by atoms with Gasteiger partial charge in [0.25, 0.3) is 0 Å². The van der Waals surface area contributed by atoms with Crippen molar-refractivity contribution in [3.05, 3.63) is 52.5 Å². The van der Waals surface area contributed by atoms with Crippen LogP contribution in [0.3, 0.4) is 0 Å². The van der Waals surface area contributed by atoms with Gasteiger partial charge in [0.2, 0.25) is 0 Å². The molecule has 0 spiro atoms. The fraction of sp³-hybridized carbons (Fsp3) is 0.444. The minimum atomic E-state index is 0.0505. The van der Waals surface area contributed by atoms with Gasteiger partial charge in [-0.3, -0.25) is 9.88 Å². The van der Waals surface area contributed by atoms with Crippen LogP contribution in [0, 0.1) is 0 Å². The number of hydrogen-bond donors (Lipinski definition) is 1. The van der Waals surface area contributed by atoms with E-state index in [4.69, 9.17) is 0 Å². The summed E-state index contributed by atoms with van der Waals surface area (Å²) in [5.74, 6) is 0.352. The van der Waals surface area contributed by atoms with Crippen molar-refractivity contribution in [2.24, 2.45) is 0 Å². The number of pyridine rings is 1. The molecule has 6 heteroatoms. The molecule has 3 rings (SSSR count). The van der Waals surface area contributed by atoms with Crippen molar-refractivity contribution in [1.82, 2.24) is 20.1 Å². The number of nitrogens with zero attached hydrogens (tertiary/aromatic N) is 3. The van der Waals surface area contributed by atoms with E-state index in [1.165, 1.54) is 5.56 Å². The standard InChI is InChI=1S/C18H24N4OS/c1-15(16-5-11-24-14-16)12-20-18(23)22-9-7-21(8-10-22)13-17-4-2-3-6-19-17/h2-6,11,14-15H,7-10,12-13H2,1H3,(H,20,23)/t15-/m1/s1. The summed E-state index contributed by atoms with van der Waals surface area (Å²) in [6.45, 7) is 7.01. The molecule has 24 heavy (non-hydrogen) atoms. The van der Waals surface area contributed by atoms with Crippen LogP contribution in [0.15, 0.2) is 41.2 Å². The van der Waals surface area contributed by atoms with Crippen LogP contribution in [0.5, 0.6) is 0 Å². The minimum Gasteiger partial charge on any atom is -0.337 e. The first-order valence-electron chi connectivity index (χ1n) is 8.39. The Hall–Kier alpha value is -1.92. The third kappa shape index (κ3) is 4.55. The number of nitrogens with one attached hydrogen (secondary N) is 1. The van der Waals surface area contributed by atoms with E-state index in [9.17, 15) is 4.79 Å². The molecule has 0 aliphatic carbocycles. The molecule has 1 fully saturated rings. The fourth-order valence-electron chi connectivity index (χ4n) is 2.86. The summed E-state index contributed by atoms with van der Waals surface area (Å²) < 4.78 is 0. The SMILES string of the molecule is C[C@H](CNC(=O)N1CCN(Cc2ccccn2)CC1)c1ccsc1. The maximum atomic E-state index is 12.3. The maximum absolute atomic E-state index is 12.3. The van der Waals surface area contributed by atoms with Crippen molar-refractivity contribution in [1.29, 1.82) is 0 Å². The highest BCUT2D eigenvalue weighted by molar-refractivity contribution is 7.07. The second-order valence-electron chi connectivity index (χ2n) is 6.23. The lowest BCUT2D eigenvalue weighted by Gasteiger charge is -2.34. The molecule has 1 atom stereocenters. The summed E-state index contributed by atoms with van der Waals surface area (Å²) in [6.07, 6.45) is 1.83. The molecule has 0 unspecified atom stereocenters. The number of carbonyl (C=O) groups excluding carboxylic acids is 1. The highest BCUT2D eigenvalue weighted by atomic mass is 32.1. The van der Waals surface area contributed by atoms with Gasteiger partial charge in [0.05, 0.1) is 5.69 Å². The summed E-state index contributed by atoms with van der Waals surface area (Å²) >= 11 is 1.70. The Morgan fingerprint density at radius 3 is 2.79 bits per heavy atom. The Balaban J connectivity index is 1.40. The van der Waals surface area contributed by atoms with Crippen LogP contribution in [-0.2, 0) is 6.54 Å². The number of aromatic nitrogens is 1. The zero-order valence-corrected chi connectivity index (χ0v) is 14.8. The Morgan fingerprint density at radius 2 is 2.12 bits per heavy atom. The average molecular weight is 344 g/mol. The van der Waals surface area contributed by atoms with Gasteiger partial charge in [0, 0.05) is 45.5 Å². The van der Waals surface area contributed by atoms with Gasteiger partial charge in [-0.2, -0.15) is 11.3 Å². The second kappa shape index (κ2) is 8.26. The van der Waals surface area contributed by atoms with Crippen LogP contribution < -0.4 is 5.32 Å². The second-order valence-corrected chi connectivity index (χ2v) is 7.01. The van der Waals surface area contributed by atoms with Crippen molar-refractivity contribution in [2.75, 3.05) is 32.7 Å². The van der Waals surface area contributed by atoms with Crippen molar-refractivity contribution in [3.8, 4) is 0 Å². The average Bonchev–Trinajstić information content (AvgIpc) is 3.16. The van der Waals surface area contributed by atoms with Gasteiger partial charge >= 0.3 is 6.03 Å². The predicted octanol–water partition coefficient (Wildman–Crippen LogP) is 2.77. The molecule has 2 aromatic heterocycles. The van der Waals surface area contributed by atoms with Crippen LogP contribution in [0.25, 0.3) is 0 Å². The van der Waals surface area contributed by atoms with Gasteiger partial charge in [0.15, 0.2) is 0 Å². The number of carbonyl (C=O) groups is 1. The molecule has 1 saturated heterocycles. The summed E-state index contributed by atoms with van der Waals surface area (Å²) in [5.41, 5.74) is 2.38. The van der Waals surface area contributed by atoms with Gasteiger partial charge in [-0.25, -0.2) is 4.79 Å². The molecule has 5 nitrogen and oxygen atoms in total. The smallest absolute Gasteiger partial charge is 0.317 e. The molecule has 2 amide bonds. The molecule has 0 radical (unpaired) electrons. The van der Waals surface area contributed by atoms with Crippen LogP contribution in [-0.4, -0.2) is 53.5 Å². The number of amides is 2. The van der Waals surface area contributed by atoms with Gasteiger partial charge in [-0.15, -0.1) is 0 Å². The lowest BCUT2D eigenvalue weighted by Crippen LogP contribution is -2.51. The van der Waals surface area contributed by atoms with E-state index in [1.807, 2.05) is 29.3 Å². The maximum Gasteiger partial charge on any atom is 0.317 e. The van der Waals surface area contributed by atoms with Crippen LogP contribution in [0.4, 0.5) is 4.79 Å². The lowest BCUT2D eigenvalue weighted by molar-refractivity contribution is 0.134. The minimum absolute atomic E-state index is 0.0505. The zero-order valence-electron chi connectivity index (χ0n) is 14.0. The first-order chi connectivity index (χ1) is 11.7. The van der Waals surface area contributed by atoms with E-state index >= 15 is 0 Å². The van der Waals surface area contributed by atoms with E-state index in [0.717, 1.165) is 38.4 Å². The Kier molecular flexibility index (Phi) is 5.82. The first-order valence-corrected chi connectivity index (χ1v) is 9.34. The third-order valence-corrected chi connectivity index (χ3v) is 5.14. The van der Waals surface area contributed by atoms with Crippen molar-refractivity contribution in [3.63, 3.8) is 0 Å². The third-order valence-electron chi connectivity index (χ3n) is 4.44. The Labute approximate surface area is 147 Å². The van der Waals surface area contributed by atoms with Gasteiger partial charge in [-0.05, 0) is 40.4 Å². The highest BCUT2D eigenvalue weighted by Crippen LogP contribution is 2.17. The van der Waals surface area contributed by atoms with E-state index in [-0.39, 0.29) is 6.03 Å². The number of hydrogen-bond acceptors (Lipinski definition) is 4. The fourth-order valence-corrected chi connectivity index (χ4v) is 3.64. The van der Waals surface area contributed by atoms with Gasteiger partial charge in [-0.1, -0.05) is 13.0 Å². The molecular formula is C18H24N4OS. The Morgan fingerprint density at radius 1 is 1.29 bits per heavy atom. The monoisotopic (exact) mass is 344 g/mol. The van der Waals surface area contributed by atoms with E-state index in [0.29, 0.717) is 12.5 Å². The first kappa shape index (κ1) is 16.9. The lowest BCUT2D eigenvalue weighted by atomic mass is 10.1. The normalized spacial score (nSPS) is 16.8. The Bertz CT molecular complexity index is 624. The summed E-state index contributed by atoms with van der Waals surface area (Å²) in [4.78, 5) is 20.9. The molecule has 0 saturated carbocycles. The molecule has 1 aliphatic rings. The number of thiophene rings is 1. The summed E-state index contributed by atoms with van der Waals surface area (Å²) in [7, 11) is 0. The largest absolute Gasteiger partial charge is 0.337 e. The van der Waals surface area contributed by atoms with Gasteiger partial charge < -0.3 is 10.2 Å². The summed E-state index contributed by atoms with van der Waals surface area (Å²) in [6, 6.07) is 8.17. The van der Waals surface area contributed by atoms with Crippen molar-refractivity contribution in [2.45, 2.75) is 19.4 Å². The zero-order chi connectivity index (χ0) is 16.8. The number of piperazine rings is 1. The molecule has 128 valence electrons. The number of urea groups is 1. The van der Waals surface area contributed by atoms with Gasteiger partial charge in [0.1, 0.15) is 0 Å². The molecule has 0 bridgehead atoms. The topological polar surface area (TPSA) is 48.5 Å². The molecular weight excluding hydrogens is 320 g/mol. The molecule has 0 aromatic carbocycles. The quantitative estimate of drug-likeness (QED) is 0.907. The van der Waals surface area contributed by atoms with Crippen LogP contribution >= 0.6 is 11.3 Å². The van der Waals surface area contributed by atoms with E-state index < -0.39 is 0 Å². The van der Waals surface area contributed by atoms with E-state index in [1.54, 1.807) is 11.3 Å². The number of rotatable bonds is 5. The predicted molar refractivity (Wildman–Crippen MR) is 97.2 cm³/mol. The molecule has 1 aliphatic heterocycles. The summed E-state index contributed by atoms with van der Waals surface area (Å²) in [5, 5.41) is 7.29. The van der Waals surface area contributed by atoms with Crippen molar-refractivity contribution >= 4 is 17.4 Å². The highest BCUT2D eigenvalue weighted by Gasteiger charge is 2.21.